The summed E-state index contributed by atoms with van der Waals surface area (Å²) in [4.78, 5) is 34.7. The zero-order valence-electron chi connectivity index (χ0n) is 13.2. The molecule has 0 spiro atoms. The Morgan fingerprint density at radius 3 is 2.57 bits per heavy atom. The minimum absolute atomic E-state index is 0.108. The molecule has 126 valence electrons. The molecular weight excluding hydrogens is 304 g/mol. The van der Waals surface area contributed by atoms with Gasteiger partial charge in [0.25, 0.3) is 5.91 Å². The Kier molecular flexibility index (Phi) is 6.85. The highest BCUT2D eigenvalue weighted by molar-refractivity contribution is 5.98. The molecule has 0 aliphatic heterocycles. The molecule has 0 aliphatic rings. The largest absolute Gasteiger partial charge is 0.504 e. The SMILES string of the molecule is COc1cccc(C(=O)OCC(=O)NC(=O)NCC(C)C)c1O. The molecule has 1 rings (SSSR count). The van der Waals surface area contributed by atoms with Crippen molar-refractivity contribution < 1.29 is 29.0 Å². The van der Waals surface area contributed by atoms with Crippen molar-refractivity contribution in [1.29, 1.82) is 0 Å². The van der Waals surface area contributed by atoms with Crippen LogP contribution < -0.4 is 15.4 Å². The third-order valence-corrected chi connectivity index (χ3v) is 2.70. The molecule has 3 amide bonds. The molecule has 1 aromatic carbocycles. The van der Waals surface area contributed by atoms with Crippen molar-refractivity contribution in [2.45, 2.75) is 13.8 Å². The number of para-hydroxylation sites is 1. The normalized spacial score (nSPS) is 10.1. The van der Waals surface area contributed by atoms with E-state index in [0.29, 0.717) is 6.54 Å². The van der Waals surface area contributed by atoms with E-state index in [1.54, 1.807) is 0 Å². The second-order valence-corrected chi connectivity index (χ2v) is 5.08. The van der Waals surface area contributed by atoms with E-state index >= 15 is 0 Å². The first-order chi connectivity index (χ1) is 10.8. The number of rotatable bonds is 6. The number of methoxy groups -OCH3 is 1. The molecule has 1 aromatic rings. The number of amides is 3. The van der Waals surface area contributed by atoms with Crippen molar-refractivity contribution in [1.82, 2.24) is 10.6 Å². The number of urea groups is 1. The van der Waals surface area contributed by atoms with Gasteiger partial charge in [0, 0.05) is 6.54 Å². The van der Waals surface area contributed by atoms with Crippen LogP contribution in [0, 0.1) is 5.92 Å². The summed E-state index contributed by atoms with van der Waals surface area (Å²) in [6, 6.07) is 3.63. The van der Waals surface area contributed by atoms with E-state index in [0.717, 1.165) is 0 Å². The van der Waals surface area contributed by atoms with Gasteiger partial charge >= 0.3 is 12.0 Å². The van der Waals surface area contributed by atoms with E-state index in [9.17, 15) is 19.5 Å². The molecule has 0 saturated carbocycles. The number of ether oxygens (including phenoxy) is 2. The number of carbonyl (C=O) groups is 3. The van der Waals surface area contributed by atoms with Gasteiger partial charge in [-0.15, -0.1) is 0 Å². The number of aromatic hydroxyl groups is 1. The van der Waals surface area contributed by atoms with Gasteiger partial charge in [0.15, 0.2) is 18.1 Å². The average Bonchev–Trinajstić information content (AvgIpc) is 2.50. The first-order valence-electron chi connectivity index (χ1n) is 6.96. The molecule has 0 aromatic heterocycles. The molecule has 8 heteroatoms. The van der Waals surface area contributed by atoms with Crippen LogP contribution in [0.4, 0.5) is 4.79 Å². The lowest BCUT2D eigenvalue weighted by atomic mass is 10.2. The monoisotopic (exact) mass is 324 g/mol. The lowest BCUT2D eigenvalue weighted by molar-refractivity contribution is -0.123. The second kappa shape index (κ2) is 8.62. The summed E-state index contributed by atoms with van der Waals surface area (Å²) in [5, 5.41) is 14.3. The molecule has 0 fully saturated rings. The van der Waals surface area contributed by atoms with E-state index in [1.165, 1.54) is 25.3 Å². The van der Waals surface area contributed by atoms with Crippen LogP contribution in [0.25, 0.3) is 0 Å². The number of phenolic OH excluding ortho intramolecular Hbond substituents is 1. The molecular formula is C15H20N2O6. The molecule has 8 nitrogen and oxygen atoms in total. The van der Waals surface area contributed by atoms with Gasteiger partial charge in [0.1, 0.15) is 5.56 Å². The van der Waals surface area contributed by atoms with Crippen molar-refractivity contribution in [3.63, 3.8) is 0 Å². The maximum absolute atomic E-state index is 11.8. The van der Waals surface area contributed by atoms with Gasteiger partial charge in [-0.25, -0.2) is 9.59 Å². The standard InChI is InChI=1S/C15H20N2O6/c1-9(2)7-16-15(21)17-12(18)8-23-14(20)10-5-4-6-11(22-3)13(10)19/h4-6,9,19H,7-8H2,1-3H3,(H2,16,17,18,21). The zero-order chi connectivity index (χ0) is 17.4. The van der Waals surface area contributed by atoms with Crippen molar-refractivity contribution in [3.8, 4) is 11.5 Å². The number of phenols is 1. The molecule has 3 N–H and O–H groups in total. The fourth-order valence-electron chi connectivity index (χ4n) is 1.56. The van der Waals surface area contributed by atoms with Crippen LogP contribution in [0.2, 0.25) is 0 Å². The molecule has 0 saturated heterocycles. The van der Waals surface area contributed by atoms with Crippen molar-refractivity contribution >= 4 is 17.9 Å². The number of benzene rings is 1. The summed E-state index contributed by atoms with van der Waals surface area (Å²) >= 11 is 0. The van der Waals surface area contributed by atoms with Gasteiger partial charge in [0.05, 0.1) is 7.11 Å². The van der Waals surface area contributed by atoms with Gasteiger partial charge in [-0.3, -0.25) is 10.1 Å². The van der Waals surface area contributed by atoms with Crippen LogP contribution in [0.15, 0.2) is 18.2 Å². The first kappa shape index (κ1) is 18.3. The molecule has 0 unspecified atom stereocenters. The maximum Gasteiger partial charge on any atom is 0.342 e. The summed E-state index contributed by atoms with van der Waals surface area (Å²) in [6.07, 6.45) is 0. The summed E-state index contributed by atoms with van der Waals surface area (Å²) in [5.74, 6) is -1.71. The Balaban J connectivity index is 2.50. The Labute approximate surface area is 133 Å². The van der Waals surface area contributed by atoms with Gasteiger partial charge in [-0.2, -0.15) is 0 Å². The summed E-state index contributed by atoms with van der Waals surface area (Å²) in [7, 11) is 1.34. The maximum atomic E-state index is 11.8. The van der Waals surface area contributed by atoms with Crippen LogP contribution >= 0.6 is 0 Å². The highest BCUT2D eigenvalue weighted by atomic mass is 16.5. The van der Waals surface area contributed by atoms with Crippen LogP contribution in [-0.2, 0) is 9.53 Å². The molecule has 0 atom stereocenters. The minimum Gasteiger partial charge on any atom is -0.504 e. The van der Waals surface area contributed by atoms with Crippen molar-refractivity contribution in [3.05, 3.63) is 23.8 Å². The van der Waals surface area contributed by atoms with Gasteiger partial charge in [0.2, 0.25) is 0 Å². The summed E-state index contributed by atoms with van der Waals surface area (Å²) in [5.41, 5.74) is -0.138. The van der Waals surface area contributed by atoms with Crippen LogP contribution in [-0.4, -0.2) is 43.3 Å². The zero-order valence-corrected chi connectivity index (χ0v) is 13.2. The number of hydrogen-bond acceptors (Lipinski definition) is 6. The topological polar surface area (TPSA) is 114 Å². The smallest absolute Gasteiger partial charge is 0.342 e. The highest BCUT2D eigenvalue weighted by Crippen LogP contribution is 2.29. The average molecular weight is 324 g/mol. The number of esters is 1. The Bertz CT molecular complexity index is 585. The Morgan fingerprint density at radius 2 is 1.96 bits per heavy atom. The van der Waals surface area contributed by atoms with Crippen LogP contribution in [0.1, 0.15) is 24.2 Å². The fraction of sp³-hybridized carbons (Fsp3) is 0.400. The lowest BCUT2D eigenvalue weighted by Gasteiger charge is -2.10. The molecule has 23 heavy (non-hydrogen) atoms. The first-order valence-corrected chi connectivity index (χ1v) is 6.96. The third-order valence-electron chi connectivity index (χ3n) is 2.70. The Morgan fingerprint density at radius 1 is 1.26 bits per heavy atom. The number of carbonyl (C=O) groups excluding carboxylic acids is 3. The fourth-order valence-corrected chi connectivity index (χ4v) is 1.56. The second-order valence-electron chi connectivity index (χ2n) is 5.08. The van der Waals surface area contributed by atoms with Gasteiger partial charge < -0.3 is 19.9 Å². The van der Waals surface area contributed by atoms with Crippen molar-refractivity contribution in [2.75, 3.05) is 20.3 Å². The number of hydrogen-bond donors (Lipinski definition) is 3. The number of nitrogens with one attached hydrogen (secondary N) is 2. The predicted molar refractivity (Wildman–Crippen MR) is 81.3 cm³/mol. The quantitative estimate of drug-likeness (QED) is 0.674. The van der Waals surface area contributed by atoms with Gasteiger partial charge in [-0.1, -0.05) is 19.9 Å². The summed E-state index contributed by atoms with van der Waals surface area (Å²) in [6.45, 7) is 3.58. The molecule has 0 bridgehead atoms. The van der Waals surface area contributed by atoms with Crippen molar-refractivity contribution in [2.24, 2.45) is 5.92 Å². The predicted octanol–water partition coefficient (Wildman–Crippen LogP) is 1.04. The van der Waals surface area contributed by atoms with E-state index in [-0.39, 0.29) is 23.0 Å². The highest BCUT2D eigenvalue weighted by Gasteiger charge is 2.18. The summed E-state index contributed by atoms with van der Waals surface area (Å²) < 4.78 is 9.62. The molecule has 0 heterocycles. The van der Waals surface area contributed by atoms with E-state index in [4.69, 9.17) is 9.47 Å². The van der Waals surface area contributed by atoms with Crippen LogP contribution in [0.3, 0.4) is 0 Å². The molecule has 0 radical (unpaired) electrons. The number of imide groups is 1. The molecule has 0 aliphatic carbocycles. The Hall–Kier alpha value is -2.77. The lowest BCUT2D eigenvalue weighted by Crippen LogP contribution is -2.42. The van der Waals surface area contributed by atoms with Gasteiger partial charge in [-0.05, 0) is 18.1 Å². The van der Waals surface area contributed by atoms with Crippen LogP contribution in [0.5, 0.6) is 11.5 Å². The third kappa shape index (κ3) is 5.85. The van der Waals surface area contributed by atoms with E-state index in [2.05, 4.69) is 5.32 Å². The van der Waals surface area contributed by atoms with E-state index < -0.39 is 24.5 Å². The minimum atomic E-state index is -0.904. The van der Waals surface area contributed by atoms with E-state index in [1.807, 2.05) is 19.2 Å².